The average Bonchev–Trinajstić information content (AvgIpc) is 2.75. The summed E-state index contributed by atoms with van der Waals surface area (Å²) >= 11 is 0. The minimum atomic E-state index is -0.611. The molecule has 2 aromatic rings. The number of amidine groups is 1. The molecule has 2 aliphatic rings. The Bertz CT molecular complexity index is 847. The molecular formula is C21H23N3O. The Balaban J connectivity index is 1.86. The molecule has 2 heterocycles. The lowest BCUT2D eigenvalue weighted by atomic mass is 9.76. The van der Waals surface area contributed by atoms with Gasteiger partial charge in [-0.3, -0.25) is 15.1 Å². The van der Waals surface area contributed by atoms with Crippen LogP contribution in [0.5, 0.6) is 0 Å². The number of nitrogens with one attached hydrogen (secondary N) is 1. The Hall–Kier alpha value is -2.62. The molecule has 1 amide bonds. The van der Waals surface area contributed by atoms with Crippen LogP contribution in [0.25, 0.3) is 0 Å². The number of anilines is 2. The van der Waals surface area contributed by atoms with Crippen LogP contribution in [0.1, 0.15) is 31.7 Å². The Labute approximate surface area is 148 Å². The zero-order valence-corrected chi connectivity index (χ0v) is 14.9. The minimum absolute atomic E-state index is 0.0280. The van der Waals surface area contributed by atoms with Crippen molar-refractivity contribution >= 4 is 23.1 Å². The highest BCUT2D eigenvalue weighted by Gasteiger charge is 2.58. The summed E-state index contributed by atoms with van der Waals surface area (Å²) in [4.78, 5) is 17.2. The number of carbonyl (C=O) groups is 1. The number of nitrogens with zero attached hydrogens (tertiary/aromatic N) is 2. The van der Waals surface area contributed by atoms with Gasteiger partial charge in [-0.2, -0.15) is 0 Å². The number of hydrogen-bond donors (Lipinski definition) is 1. The fourth-order valence-corrected chi connectivity index (χ4v) is 4.66. The maximum Gasteiger partial charge on any atom is 0.241 e. The molecule has 0 radical (unpaired) electrons. The summed E-state index contributed by atoms with van der Waals surface area (Å²) < 4.78 is 0. The van der Waals surface area contributed by atoms with E-state index in [1.807, 2.05) is 50.4 Å². The first-order valence-corrected chi connectivity index (χ1v) is 8.75. The van der Waals surface area contributed by atoms with Crippen molar-refractivity contribution in [3.8, 4) is 0 Å². The first kappa shape index (κ1) is 15.9. The lowest BCUT2D eigenvalue weighted by molar-refractivity contribution is -0.125. The van der Waals surface area contributed by atoms with Gasteiger partial charge in [-0.05, 0) is 43.0 Å². The molecular weight excluding hydrogens is 310 g/mol. The number of benzene rings is 2. The molecule has 1 N–H and O–H groups in total. The molecule has 2 aromatic carbocycles. The second kappa shape index (κ2) is 5.45. The zero-order chi connectivity index (χ0) is 17.8. The fourth-order valence-electron chi connectivity index (χ4n) is 4.66. The summed E-state index contributed by atoms with van der Waals surface area (Å²) in [5.41, 5.74) is 2.55. The van der Waals surface area contributed by atoms with E-state index in [0.717, 1.165) is 17.8 Å². The standard InChI is InChI=1S/C21H23N3O/c1-14-13-21(2)18(23(3)17-12-8-7-11-16(14)17)19(22)24(20(21)25)15-9-5-4-6-10-15/h4-12,14,18,22H,13H2,1-3H3. The van der Waals surface area contributed by atoms with E-state index in [1.54, 1.807) is 4.90 Å². The van der Waals surface area contributed by atoms with Gasteiger partial charge in [0.2, 0.25) is 5.91 Å². The second-order valence-corrected chi connectivity index (χ2v) is 7.46. The number of likely N-dealkylation sites (N-methyl/N-ethyl adjacent to an activating group) is 1. The van der Waals surface area contributed by atoms with Gasteiger partial charge < -0.3 is 4.90 Å². The largest absolute Gasteiger partial charge is 0.363 e. The zero-order valence-electron chi connectivity index (χ0n) is 14.9. The molecule has 0 saturated carbocycles. The molecule has 4 rings (SSSR count). The van der Waals surface area contributed by atoms with E-state index in [1.165, 1.54) is 5.56 Å². The van der Waals surface area contributed by atoms with Crippen molar-refractivity contribution < 1.29 is 4.79 Å². The quantitative estimate of drug-likeness (QED) is 0.856. The molecule has 3 unspecified atom stereocenters. The normalized spacial score (nSPS) is 28.6. The van der Waals surface area contributed by atoms with E-state index in [2.05, 4.69) is 30.0 Å². The van der Waals surface area contributed by atoms with Crippen molar-refractivity contribution in [2.24, 2.45) is 5.41 Å². The number of hydrogen-bond acceptors (Lipinski definition) is 3. The van der Waals surface area contributed by atoms with Crippen LogP contribution in [0.15, 0.2) is 54.6 Å². The summed E-state index contributed by atoms with van der Waals surface area (Å²) in [6.45, 7) is 4.21. The number of amides is 1. The lowest BCUT2D eigenvalue weighted by Crippen LogP contribution is -2.46. The van der Waals surface area contributed by atoms with Gasteiger partial charge in [-0.1, -0.05) is 43.3 Å². The van der Waals surface area contributed by atoms with Crippen LogP contribution in [0.3, 0.4) is 0 Å². The number of fused-ring (bicyclic) bond motifs is 2. The van der Waals surface area contributed by atoms with Crippen LogP contribution < -0.4 is 9.80 Å². The van der Waals surface area contributed by atoms with Crippen molar-refractivity contribution in [3.05, 3.63) is 60.2 Å². The monoisotopic (exact) mass is 333 g/mol. The van der Waals surface area contributed by atoms with Crippen LogP contribution in [-0.4, -0.2) is 24.8 Å². The minimum Gasteiger partial charge on any atom is -0.363 e. The number of para-hydroxylation sites is 2. The Kier molecular flexibility index (Phi) is 3.46. The fraction of sp³-hybridized carbons (Fsp3) is 0.333. The first-order valence-electron chi connectivity index (χ1n) is 8.75. The van der Waals surface area contributed by atoms with Crippen molar-refractivity contribution in [3.63, 3.8) is 0 Å². The summed E-state index contributed by atoms with van der Waals surface area (Å²) in [5.74, 6) is 0.659. The molecule has 0 bridgehead atoms. The summed E-state index contributed by atoms with van der Waals surface area (Å²) in [6, 6.07) is 17.6. The van der Waals surface area contributed by atoms with Crippen LogP contribution in [0.4, 0.5) is 11.4 Å². The van der Waals surface area contributed by atoms with Crippen molar-refractivity contribution in [2.75, 3.05) is 16.8 Å². The van der Waals surface area contributed by atoms with Gasteiger partial charge in [0, 0.05) is 12.7 Å². The van der Waals surface area contributed by atoms with E-state index < -0.39 is 5.41 Å². The SMILES string of the molecule is CC1CC2(C)C(=O)N(c3ccccc3)C(=N)C2N(C)c2ccccc21. The number of carbonyl (C=O) groups excluding carboxylic acids is 1. The smallest absolute Gasteiger partial charge is 0.241 e. The van der Waals surface area contributed by atoms with E-state index in [4.69, 9.17) is 5.41 Å². The third-order valence-electron chi connectivity index (χ3n) is 5.77. The number of rotatable bonds is 1. The van der Waals surface area contributed by atoms with Crippen LogP contribution >= 0.6 is 0 Å². The van der Waals surface area contributed by atoms with Gasteiger partial charge in [0.05, 0.1) is 11.1 Å². The Morgan fingerprint density at radius 1 is 1.08 bits per heavy atom. The lowest BCUT2D eigenvalue weighted by Gasteiger charge is -2.33. The molecule has 0 spiro atoms. The summed E-state index contributed by atoms with van der Waals surface area (Å²) in [7, 11) is 2.01. The van der Waals surface area contributed by atoms with Crippen LogP contribution in [0, 0.1) is 10.8 Å². The van der Waals surface area contributed by atoms with Crippen LogP contribution in [-0.2, 0) is 4.79 Å². The maximum atomic E-state index is 13.4. The van der Waals surface area contributed by atoms with Crippen molar-refractivity contribution in [1.82, 2.24) is 0 Å². The first-order chi connectivity index (χ1) is 11.9. The van der Waals surface area contributed by atoms with Gasteiger partial charge in [-0.15, -0.1) is 0 Å². The molecule has 1 fully saturated rings. The topological polar surface area (TPSA) is 47.4 Å². The summed E-state index contributed by atoms with van der Waals surface area (Å²) in [5, 5.41) is 8.82. The van der Waals surface area contributed by atoms with Crippen LogP contribution in [0.2, 0.25) is 0 Å². The third kappa shape index (κ3) is 2.13. The summed E-state index contributed by atoms with van der Waals surface area (Å²) in [6.07, 6.45) is 0.740. The third-order valence-corrected chi connectivity index (χ3v) is 5.77. The molecule has 4 nitrogen and oxygen atoms in total. The van der Waals surface area contributed by atoms with Crippen molar-refractivity contribution in [1.29, 1.82) is 5.41 Å². The highest BCUT2D eigenvalue weighted by Crippen LogP contribution is 2.49. The maximum absolute atomic E-state index is 13.4. The average molecular weight is 333 g/mol. The molecule has 2 aliphatic heterocycles. The van der Waals surface area contributed by atoms with Gasteiger partial charge in [-0.25, -0.2) is 0 Å². The molecule has 1 saturated heterocycles. The molecule has 128 valence electrons. The molecule has 4 heteroatoms. The van der Waals surface area contributed by atoms with Crippen molar-refractivity contribution in [2.45, 2.75) is 32.2 Å². The van der Waals surface area contributed by atoms with E-state index in [0.29, 0.717) is 5.84 Å². The van der Waals surface area contributed by atoms with E-state index >= 15 is 0 Å². The second-order valence-electron chi connectivity index (χ2n) is 7.46. The van der Waals surface area contributed by atoms with Gasteiger partial charge in [0.1, 0.15) is 11.9 Å². The Morgan fingerprint density at radius 3 is 2.44 bits per heavy atom. The van der Waals surface area contributed by atoms with E-state index in [9.17, 15) is 4.79 Å². The van der Waals surface area contributed by atoms with Gasteiger partial charge in [0.25, 0.3) is 0 Å². The van der Waals surface area contributed by atoms with E-state index in [-0.39, 0.29) is 17.9 Å². The Morgan fingerprint density at radius 2 is 1.72 bits per heavy atom. The molecule has 3 atom stereocenters. The van der Waals surface area contributed by atoms with Gasteiger partial charge >= 0.3 is 0 Å². The molecule has 0 aromatic heterocycles. The molecule has 0 aliphatic carbocycles. The predicted molar refractivity (Wildman–Crippen MR) is 101 cm³/mol. The predicted octanol–water partition coefficient (Wildman–Crippen LogP) is 4.03. The molecule has 25 heavy (non-hydrogen) atoms. The highest BCUT2D eigenvalue weighted by molar-refractivity contribution is 6.27. The van der Waals surface area contributed by atoms with Gasteiger partial charge in [0.15, 0.2) is 0 Å². The highest BCUT2D eigenvalue weighted by atomic mass is 16.2.